The van der Waals surface area contributed by atoms with Crippen LogP contribution in [0.4, 0.5) is 4.39 Å². The van der Waals surface area contributed by atoms with E-state index in [4.69, 9.17) is 23.8 Å². The third-order valence-corrected chi connectivity index (χ3v) is 2.02. The minimum atomic E-state index is -0.372. The molecule has 1 atom stereocenters. The third-order valence-electron chi connectivity index (χ3n) is 1.67. The SMILES string of the molecule is C#CC(N)Cc1ccc(F)cc1Cl. The van der Waals surface area contributed by atoms with Crippen LogP contribution in [-0.2, 0) is 6.42 Å². The van der Waals surface area contributed by atoms with Gasteiger partial charge in [0.15, 0.2) is 0 Å². The van der Waals surface area contributed by atoms with E-state index in [1.165, 1.54) is 12.1 Å². The summed E-state index contributed by atoms with van der Waals surface area (Å²) in [7, 11) is 0. The average Bonchev–Trinajstić information content (AvgIpc) is 2.09. The number of rotatable bonds is 2. The second-order valence-corrected chi connectivity index (χ2v) is 3.12. The van der Waals surface area contributed by atoms with Gasteiger partial charge in [-0.15, -0.1) is 6.42 Å². The quantitative estimate of drug-likeness (QED) is 0.721. The first-order valence-electron chi connectivity index (χ1n) is 3.79. The Morgan fingerprint density at radius 1 is 1.62 bits per heavy atom. The van der Waals surface area contributed by atoms with Crippen molar-refractivity contribution in [1.29, 1.82) is 0 Å². The molecule has 0 fully saturated rings. The van der Waals surface area contributed by atoms with Crippen molar-refractivity contribution in [3.05, 3.63) is 34.6 Å². The fourth-order valence-corrected chi connectivity index (χ4v) is 1.23. The van der Waals surface area contributed by atoms with E-state index in [0.29, 0.717) is 11.4 Å². The van der Waals surface area contributed by atoms with Gasteiger partial charge in [0.1, 0.15) is 5.82 Å². The molecule has 1 nitrogen and oxygen atoms in total. The minimum Gasteiger partial charge on any atom is -0.317 e. The lowest BCUT2D eigenvalue weighted by Gasteiger charge is -2.06. The van der Waals surface area contributed by atoms with Gasteiger partial charge < -0.3 is 5.73 Å². The van der Waals surface area contributed by atoms with Gasteiger partial charge in [0.2, 0.25) is 0 Å². The molecule has 68 valence electrons. The Bertz CT molecular complexity index is 343. The molecule has 1 aromatic carbocycles. The van der Waals surface area contributed by atoms with Gasteiger partial charge in [0.05, 0.1) is 6.04 Å². The fourth-order valence-electron chi connectivity index (χ4n) is 0.983. The van der Waals surface area contributed by atoms with Crippen molar-refractivity contribution in [2.45, 2.75) is 12.5 Å². The molecule has 2 N–H and O–H groups in total. The zero-order valence-corrected chi connectivity index (χ0v) is 7.68. The van der Waals surface area contributed by atoms with Crippen LogP contribution in [0.3, 0.4) is 0 Å². The summed E-state index contributed by atoms with van der Waals surface area (Å²) in [6, 6.07) is 3.81. The molecule has 1 aromatic rings. The highest BCUT2D eigenvalue weighted by atomic mass is 35.5. The highest BCUT2D eigenvalue weighted by Gasteiger charge is 2.05. The van der Waals surface area contributed by atoms with Crippen molar-refractivity contribution in [2.75, 3.05) is 0 Å². The molecule has 0 aliphatic heterocycles. The first kappa shape index (κ1) is 10.0. The van der Waals surface area contributed by atoms with Crippen LogP contribution in [0.1, 0.15) is 5.56 Å². The van der Waals surface area contributed by atoms with E-state index in [9.17, 15) is 4.39 Å². The normalized spacial score (nSPS) is 12.2. The zero-order chi connectivity index (χ0) is 9.84. The number of hydrogen-bond acceptors (Lipinski definition) is 1. The van der Waals surface area contributed by atoms with Crippen LogP contribution >= 0.6 is 11.6 Å². The largest absolute Gasteiger partial charge is 0.317 e. The van der Waals surface area contributed by atoms with Crippen LogP contribution in [0, 0.1) is 18.2 Å². The van der Waals surface area contributed by atoms with Gasteiger partial charge in [-0.25, -0.2) is 4.39 Å². The maximum atomic E-state index is 12.6. The lowest BCUT2D eigenvalue weighted by Crippen LogP contribution is -2.20. The monoisotopic (exact) mass is 197 g/mol. The van der Waals surface area contributed by atoms with E-state index in [2.05, 4.69) is 5.92 Å². The zero-order valence-electron chi connectivity index (χ0n) is 6.93. The first-order valence-corrected chi connectivity index (χ1v) is 4.17. The Balaban J connectivity index is 2.85. The highest BCUT2D eigenvalue weighted by Crippen LogP contribution is 2.18. The molecule has 0 aliphatic rings. The van der Waals surface area contributed by atoms with Crippen molar-refractivity contribution >= 4 is 11.6 Å². The Morgan fingerprint density at radius 2 is 2.31 bits per heavy atom. The van der Waals surface area contributed by atoms with Crippen LogP contribution in [0.15, 0.2) is 18.2 Å². The molecule has 0 spiro atoms. The first-order chi connectivity index (χ1) is 6.13. The van der Waals surface area contributed by atoms with Crippen LogP contribution in [0.5, 0.6) is 0 Å². The van der Waals surface area contributed by atoms with E-state index < -0.39 is 0 Å². The smallest absolute Gasteiger partial charge is 0.124 e. The molecule has 1 rings (SSSR count). The molecular formula is C10H9ClFN. The molecule has 0 saturated carbocycles. The summed E-state index contributed by atoms with van der Waals surface area (Å²) < 4.78 is 12.6. The van der Waals surface area contributed by atoms with Crippen molar-refractivity contribution in [1.82, 2.24) is 0 Å². The van der Waals surface area contributed by atoms with Gasteiger partial charge in [-0.2, -0.15) is 0 Å². The van der Waals surface area contributed by atoms with Gasteiger partial charge in [-0.3, -0.25) is 0 Å². The average molecular weight is 198 g/mol. The van der Waals surface area contributed by atoms with E-state index in [-0.39, 0.29) is 11.9 Å². The van der Waals surface area contributed by atoms with Crippen LogP contribution in [-0.4, -0.2) is 6.04 Å². The number of halogens is 2. The number of hydrogen-bond donors (Lipinski definition) is 1. The molecule has 0 bridgehead atoms. The highest BCUT2D eigenvalue weighted by molar-refractivity contribution is 6.31. The molecule has 1 unspecified atom stereocenters. The van der Waals surface area contributed by atoms with Gasteiger partial charge in [0, 0.05) is 11.4 Å². The molecular weight excluding hydrogens is 189 g/mol. The van der Waals surface area contributed by atoms with Gasteiger partial charge in [0.25, 0.3) is 0 Å². The van der Waals surface area contributed by atoms with Gasteiger partial charge in [-0.05, 0) is 17.7 Å². The minimum absolute atomic E-state index is 0.358. The fraction of sp³-hybridized carbons (Fsp3) is 0.200. The standard InChI is InChI=1S/C10H9ClFN/c1-2-9(13)5-7-3-4-8(12)6-10(7)11/h1,3-4,6,9H,5,13H2. The summed E-state index contributed by atoms with van der Waals surface area (Å²) >= 11 is 5.77. The van der Waals surface area contributed by atoms with E-state index >= 15 is 0 Å². The van der Waals surface area contributed by atoms with E-state index in [0.717, 1.165) is 5.56 Å². The van der Waals surface area contributed by atoms with Crippen LogP contribution in [0.2, 0.25) is 5.02 Å². The molecule has 0 aliphatic carbocycles. The lowest BCUT2D eigenvalue weighted by atomic mass is 10.1. The van der Waals surface area contributed by atoms with Gasteiger partial charge >= 0.3 is 0 Å². The van der Waals surface area contributed by atoms with Crippen LogP contribution < -0.4 is 5.73 Å². The predicted molar refractivity (Wildman–Crippen MR) is 51.9 cm³/mol. The summed E-state index contributed by atoms with van der Waals surface area (Å²) in [6.45, 7) is 0. The van der Waals surface area contributed by atoms with Crippen molar-refractivity contribution in [2.24, 2.45) is 5.73 Å². The topological polar surface area (TPSA) is 26.0 Å². The third kappa shape index (κ3) is 2.73. The molecule has 13 heavy (non-hydrogen) atoms. The summed E-state index contributed by atoms with van der Waals surface area (Å²) in [5, 5.41) is 0.366. The van der Waals surface area contributed by atoms with E-state index in [1.807, 2.05) is 0 Å². The molecule has 0 saturated heterocycles. The molecule has 0 aromatic heterocycles. The summed E-state index contributed by atoms with van der Waals surface area (Å²) in [4.78, 5) is 0. The second kappa shape index (κ2) is 4.27. The summed E-state index contributed by atoms with van der Waals surface area (Å²) in [5.41, 5.74) is 6.30. The maximum Gasteiger partial charge on any atom is 0.124 e. The predicted octanol–water partition coefficient (Wildman–Crippen LogP) is 1.98. The van der Waals surface area contributed by atoms with Crippen molar-refractivity contribution < 1.29 is 4.39 Å². The Hall–Kier alpha value is -1.04. The Morgan fingerprint density at radius 3 is 2.85 bits per heavy atom. The summed E-state index contributed by atoms with van der Waals surface area (Å²) in [5.74, 6) is 2.02. The Kier molecular flexibility index (Phi) is 3.30. The molecule has 3 heteroatoms. The van der Waals surface area contributed by atoms with E-state index in [1.54, 1.807) is 6.07 Å². The lowest BCUT2D eigenvalue weighted by molar-refractivity contribution is 0.626. The Labute approximate surface area is 81.7 Å². The summed E-state index contributed by atoms with van der Waals surface area (Å²) in [6.07, 6.45) is 5.58. The second-order valence-electron chi connectivity index (χ2n) is 2.71. The molecule has 0 radical (unpaired) electrons. The molecule has 0 amide bonds. The van der Waals surface area contributed by atoms with Crippen molar-refractivity contribution in [3.63, 3.8) is 0 Å². The van der Waals surface area contributed by atoms with Gasteiger partial charge in [-0.1, -0.05) is 23.6 Å². The van der Waals surface area contributed by atoms with Crippen LogP contribution in [0.25, 0.3) is 0 Å². The molecule has 0 heterocycles. The number of nitrogens with two attached hydrogens (primary N) is 1. The number of terminal acetylenes is 1. The number of benzene rings is 1. The van der Waals surface area contributed by atoms with Crippen molar-refractivity contribution in [3.8, 4) is 12.3 Å². The maximum absolute atomic E-state index is 12.6.